The van der Waals surface area contributed by atoms with E-state index in [0.717, 1.165) is 23.4 Å². The van der Waals surface area contributed by atoms with Crippen molar-refractivity contribution in [1.82, 2.24) is 9.97 Å². The van der Waals surface area contributed by atoms with E-state index in [1.807, 2.05) is 6.92 Å². The van der Waals surface area contributed by atoms with Gasteiger partial charge in [0.15, 0.2) is 0 Å². The van der Waals surface area contributed by atoms with Gasteiger partial charge in [-0.3, -0.25) is 0 Å². The summed E-state index contributed by atoms with van der Waals surface area (Å²) >= 11 is 0. The van der Waals surface area contributed by atoms with Crippen molar-refractivity contribution in [3.8, 4) is 0 Å². The van der Waals surface area contributed by atoms with E-state index in [9.17, 15) is 0 Å². The quantitative estimate of drug-likeness (QED) is 0.679. The van der Waals surface area contributed by atoms with Crippen molar-refractivity contribution < 1.29 is 0 Å². The van der Waals surface area contributed by atoms with E-state index >= 15 is 0 Å². The molecule has 0 aromatic carbocycles. The standard InChI is InChI=1S/C8H13N3/c1-6(3-4-9)8-7(2)10-5-11-8/h5H,1,3-4,9H2,2H3,(H,10,11). The van der Waals surface area contributed by atoms with Gasteiger partial charge in [-0.25, -0.2) is 4.98 Å². The van der Waals surface area contributed by atoms with Gasteiger partial charge in [0.25, 0.3) is 0 Å². The molecular formula is C8H13N3. The van der Waals surface area contributed by atoms with Gasteiger partial charge in [0.2, 0.25) is 0 Å². The molecule has 3 heteroatoms. The van der Waals surface area contributed by atoms with Crippen LogP contribution in [0.1, 0.15) is 17.8 Å². The topological polar surface area (TPSA) is 54.7 Å². The van der Waals surface area contributed by atoms with Crippen LogP contribution < -0.4 is 5.73 Å². The van der Waals surface area contributed by atoms with Gasteiger partial charge >= 0.3 is 0 Å². The minimum absolute atomic E-state index is 0.630. The molecule has 0 aliphatic rings. The third-order valence-corrected chi connectivity index (χ3v) is 1.61. The first kappa shape index (κ1) is 8.01. The molecule has 0 amide bonds. The molecule has 0 radical (unpaired) electrons. The molecule has 0 fully saturated rings. The average molecular weight is 151 g/mol. The van der Waals surface area contributed by atoms with Gasteiger partial charge in [0, 0.05) is 5.69 Å². The first-order valence-corrected chi connectivity index (χ1v) is 3.64. The van der Waals surface area contributed by atoms with E-state index in [1.165, 1.54) is 0 Å². The van der Waals surface area contributed by atoms with Gasteiger partial charge in [-0.15, -0.1) is 0 Å². The maximum absolute atomic E-state index is 5.39. The van der Waals surface area contributed by atoms with E-state index in [1.54, 1.807) is 6.33 Å². The van der Waals surface area contributed by atoms with Gasteiger partial charge in [0.05, 0.1) is 12.0 Å². The van der Waals surface area contributed by atoms with Crippen molar-refractivity contribution >= 4 is 5.57 Å². The zero-order valence-corrected chi connectivity index (χ0v) is 6.72. The number of aromatic nitrogens is 2. The van der Waals surface area contributed by atoms with Crippen molar-refractivity contribution in [2.45, 2.75) is 13.3 Å². The van der Waals surface area contributed by atoms with Gasteiger partial charge in [-0.2, -0.15) is 0 Å². The molecule has 3 N–H and O–H groups in total. The van der Waals surface area contributed by atoms with Crippen molar-refractivity contribution in [3.63, 3.8) is 0 Å². The summed E-state index contributed by atoms with van der Waals surface area (Å²) in [6, 6.07) is 0. The highest BCUT2D eigenvalue weighted by atomic mass is 14.9. The molecule has 3 nitrogen and oxygen atoms in total. The van der Waals surface area contributed by atoms with E-state index in [-0.39, 0.29) is 0 Å². The molecule has 1 aromatic heterocycles. The number of H-pyrrole nitrogens is 1. The van der Waals surface area contributed by atoms with E-state index in [0.29, 0.717) is 6.54 Å². The van der Waals surface area contributed by atoms with E-state index in [2.05, 4.69) is 16.5 Å². The average Bonchev–Trinajstić information content (AvgIpc) is 2.36. The lowest BCUT2D eigenvalue weighted by Crippen LogP contribution is -2.00. The molecule has 0 spiro atoms. The molecule has 0 atom stereocenters. The normalized spacial score (nSPS) is 10.0. The van der Waals surface area contributed by atoms with Crippen LogP contribution in [0.5, 0.6) is 0 Å². The first-order valence-electron chi connectivity index (χ1n) is 3.64. The zero-order valence-electron chi connectivity index (χ0n) is 6.72. The number of imidazole rings is 1. The Bertz CT molecular complexity index is 250. The third kappa shape index (κ3) is 1.68. The van der Waals surface area contributed by atoms with Crippen LogP contribution in [-0.4, -0.2) is 16.5 Å². The summed E-state index contributed by atoms with van der Waals surface area (Å²) in [6.45, 7) is 6.49. The maximum atomic E-state index is 5.39. The van der Waals surface area contributed by atoms with Crippen molar-refractivity contribution in [3.05, 3.63) is 24.3 Å². The molecule has 0 saturated heterocycles. The van der Waals surface area contributed by atoms with E-state index < -0.39 is 0 Å². The first-order chi connectivity index (χ1) is 5.25. The Labute approximate surface area is 66.3 Å². The largest absolute Gasteiger partial charge is 0.348 e. The van der Waals surface area contributed by atoms with Crippen LogP contribution >= 0.6 is 0 Å². The lowest BCUT2D eigenvalue weighted by Gasteiger charge is -1.99. The van der Waals surface area contributed by atoms with Gasteiger partial charge in [-0.05, 0) is 25.5 Å². The second-order valence-electron chi connectivity index (χ2n) is 2.52. The number of hydrogen-bond donors (Lipinski definition) is 2. The van der Waals surface area contributed by atoms with Crippen molar-refractivity contribution in [2.24, 2.45) is 5.73 Å². The van der Waals surface area contributed by atoms with Gasteiger partial charge in [-0.1, -0.05) is 6.58 Å². The number of aromatic amines is 1. The summed E-state index contributed by atoms with van der Waals surface area (Å²) in [4.78, 5) is 7.12. The fourth-order valence-electron chi connectivity index (χ4n) is 1.01. The SMILES string of the molecule is C=C(CCN)c1nc[nH]c1C. The molecule has 1 heterocycles. The summed E-state index contributed by atoms with van der Waals surface area (Å²) in [6.07, 6.45) is 2.48. The van der Waals surface area contributed by atoms with Crippen LogP contribution in [0.2, 0.25) is 0 Å². The second-order valence-corrected chi connectivity index (χ2v) is 2.52. The fraction of sp³-hybridized carbons (Fsp3) is 0.375. The highest BCUT2D eigenvalue weighted by Crippen LogP contribution is 2.14. The molecule has 1 rings (SSSR count). The number of rotatable bonds is 3. The van der Waals surface area contributed by atoms with Crippen LogP contribution in [0.15, 0.2) is 12.9 Å². The fourth-order valence-corrected chi connectivity index (χ4v) is 1.01. The molecule has 0 saturated carbocycles. The summed E-state index contributed by atoms with van der Waals surface area (Å²) in [5.74, 6) is 0. The summed E-state index contributed by atoms with van der Waals surface area (Å²) in [7, 11) is 0. The number of nitrogens with one attached hydrogen (secondary N) is 1. The van der Waals surface area contributed by atoms with Crippen LogP contribution in [0.25, 0.3) is 5.57 Å². The van der Waals surface area contributed by atoms with Gasteiger partial charge in [0.1, 0.15) is 0 Å². The van der Waals surface area contributed by atoms with Crippen molar-refractivity contribution in [2.75, 3.05) is 6.54 Å². The highest BCUT2D eigenvalue weighted by molar-refractivity contribution is 5.61. The Morgan fingerprint density at radius 3 is 3.00 bits per heavy atom. The smallest absolute Gasteiger partial charge is 0.0929 e. The lowest BCUT2D eigenvalue weighted by atomic mass is 10.1. The van der Waals surface area contributed by atoms with Crippen LogP contribution in [0.3, 0.4) is 0 Å². The minimum atomic E-state index is 0.630. The maximum Gasteiger partial charge on any atom is 0.0929 e. The Morgan fingerprint density at radius 2 is 2.55 bits per heavy atom. The van der Waals surface area contributed by atoms with Crippen LogP contribution in [-0.2, 0) is 0 Å². The van der Waals surface area contributed by atoms with Crippen LogP contribution in [0.4, 0.5) is 0 Å². The predicted molar refractivity (Wildman–Crippen MR) is 46.0 cm³/mol. The summed E-state index contributed by atoms with van der Waals surface area (Å²) in [5.41, 5.74) is 8.41. The number of hydrogen-bond acceptors (Lipinski definition) is 2. The molecule has 11 heavy (non-hydrogen) atoms. The molecular weight excluding hydrogens is 138 g/mol. The Hall–Kier alpha value is -1.09. The Balaban J connectivity index is 2.76. The van der Waals surface area contributed by atoms with E-state index in [4.69, 9.17) is 5.73 Å². The summed E-state index contributed by atoms with van der Waals surface area (Å²) in [5, 5.41) is 0. The minimum Gasteiger partial charge on any atom is -0.348 e. The zero-order chi connectivity index (χ0) is 8.27. The third-order valence-electron chi connectivity index (χ3n) is 1.61. The second kappa shape index (κ2) is 3.34. The number of nitrogens with two attached hydrogens (primary N) is 1. The van der Waals surface area contributed by atoms with Crippen molar-refractivity contribution in [1.29, 1.82) is 0 Å². The predicted octanol–water partition coefficient (Wildman–Crippen LogP) is 1.08. The molecule has 1 aromatic rings. The monoisotopic (exact) mass is 151 g/mol. The van der Waals surface area contributed by atoms with Gasteiger partial charge < -0.3 is 10.7 Å². The highest BCUT2D eigenvalue weighted by Gasteiger charge is 2.03. The lowest BCUT2D eigenvalue weighted by molar-refractivity contribution is 1.01. The van der Waals surface area contributed by atoms with Crippen LogP contribution in [0, 0.1) is 6.92 Å². The Morgan fingerprint density at radius 1 is 1.82 bits per heavy atom. The molecule has 0 unspecified atom stereocenters. The molecule has 0 aliphatic carbocycles. The molecule has 0 aliphatic heterocycles. The summed E-state index contributed by atoms with van der Waals surface area (Å²) < 4.78 is 0. The number of aryl methyl sites for hydroxylation is 1. The molecule has 0 bridgehead atoms. The molecule has 60 valence electrons. The Kier molecular flexibility index (Phi) is 2.44. The number of nitrogens with zero attached hydrogens (tertiary/aromatic N) is 1.